The molecule has 0 radical (unpaired) electrons. The highest BCUT2D eigenvalue weighted by atomic mass is 79.9. The van der Waals surface area contributed by atoms with Crippen LogP contribution in [0.5, 0.6) is 0 Å². The SMILES string of the molecule is C=C(N)c1c(-c2ccc(Br)cc2)c(CC)n(C2CCOCC2)c1N=CN. The molecule has 5 nitrogen and oxygen atoms in total. The smallest absolute Gasteiger partial charge is 0.144 e. The van der Waals surface area contributed by atoms with E-state index in [-0.39, 0.29) is 0 Å². The summed E-state index contributed by atoms with van der Waals surface area (Å²) in [7, 11) is 0. The standard InChI is InChI=1S/C20H25BrN4O/c1-3-17-19(14-4-6-15(21)7-5-14)18(13(2)23)20(24-12-22)25(17)16-8-10-26-11-9-16/h4-7,12,16H,2-3,8-11,23H2,1H3,(H2,22,24). The monoisotopic (exact) mass is 416 g/mol. The van der Waals surface area contributed by atoms with Crippen molar-refractivity contribution in [2.45, 2.75) is 32.2 Å². The van der Waals surface area contributed by atoms with Gasteiger partial charge in [-0.2, -0.15) is 0 Å². The zero-order valence-corrected chi connectivity index (χ0v) is 16.6. The molecule has 1 aliphatic heterocycles. The number of ether oxygens (including phenoxy) is 1. The molecule has 0 atom stereocenters. The van der Waals surface area contributed by atoms with Gasteiger partial charge in [0, 0.05) is 46.2 Å². The molecular formula is C20H25BrN4O. The van der Waals surface area contributed by atoms with Crippen LogP contribution < -0.4 is 11.5 Å². The van der Waals surface area contributed by atoms with Crippen molar-refractivity contribution in [2.24, 2.45) is 16.5 Å². The van der Waals surface area contributed by atoms with Gasteiger partial charge in [0.05, 0.1) is 6.34 Å². The average Bonchev–Trinajstić information content (AvgIpc) is 2.97. The number of aliphatic imine (C=N–C) groups is 1. The Kier molecular flexibility index (Phi) is 5.84. The van der Waals surface area contributed by atoms with Crippen molar-refractivity contribution in [1.29, 1.82) is 0 Å². The van der Waals surface area contributed by atoms with Crippen LogP contribution in [0.3, 0.4) is 0 Å². The first kappa shape index (κ1) is 18.7. The van der Waals surface area contributed by atoms with Crippen molar-refractivity contribution in [3.05, 3.63) is 46.6 Å². The highest BCUT2D eigenvalue weighted by Crippen LogP contribution is 2.43. The second kappa shape index (κ2) is 8.10. The molecule has 26 heavy (non-hydrogen) atoms. The Labute approximate surface area is 162 Å². The molecule has 3 rings (SSSR count). The Balaban J connectivity index is 2.31. The predicted octanol–water partition coefficient (Wildman–Crippen LogP) is 4.38. The van der Waals surface area contributed by atoms with E-state index in [0.717, 1.165) is 59.5 Å². The molecule has 4 N–H and O–H groups in total. The summed E-state index contributed by atoms with van der Waals surface area (Å²) in [5.41, 5.74) is 16.7. The van der Waals surface area contributed by atoms with Gasteiger partial charge in [0.2, 0.25) is 0 Å². The van der Waals surface area contributed by atoms with E-state index >= 15 is 0 Å². The minimum atomic E-state index is 0.319. The Bertz CT molecular complexity index is 817. The van der Waals surface area contributed by atoms with Gasteiger partial charge in [0.1, 0.15) is 5.82 Å². The van der Waals surface area contributed by atoms with Gasteiger partial charge in [-0.15, -0.1) is 0 Å². The second-order valence-electron chi connectivity index (χ2n) is 6.40. The minimum Gasteiger partial charge on any atom is -0.399 e. The van der Waals surface area contributed by atoms with Crippen molar-refractivity contribution >= 4 is 33.8 Å². The molecule has 0 saturated carbocycles. The van der Waals surface area contributed by atoms with Crippen LogP contribution in [-0.2, 0) is 11.2 Å². The molecule has 1 aromatic carbocycles. The molecule has 0 spiro atoms. The molecule has 0 bridgehead atoms. The van der Waals surface area contributed by atoms with Crippen LogP contribution in [0.4, 0.5) is 5.82 Å². The molecule has 2 aromatic rings. The molecule has 0 unspecified atom stereocenters. The third-order valence-corrected chi connectivity index (χ3v) is 5.35. The maximum absolute atomic E-state index is 6.22. The number of nitrogens with zero attached hydrogens (tertiary/aromatic N) is 2. The van der Waals surface area contributed by atoms with E-state index in [9.17, 15) is 0 Å². The molecular weight excluding hydrogens is 392 g/mol. The Hall–Kier alpha value is -2.05. The second-order valence-corrected chi connectivity index (χ2v) is 7.31. The van der Waals surface area contributed by atoms with Gasteiger partial charge in [-0.25, -0.2) is 4.99 Å². The Morgan fingerprint density at radius 3 is 2.54 bits per heavy atom. The van der Waals surface area contributed by atoms with Crippen molar-refractivity contribution < 1.29 is 4.74 Å². The molecule has 1 fully saturated rings. The number of benzene rings is 1. The summed E-state index contributed by atoms with van der Waals surface area (Å²) >= 11 is 3.51. The van der Waals surface area contributed by atoms with Crippen LogP contribution in [0.2, 0.25) is 0 Å². The topological polar surface area (TPSA) is 78.6 Å². The number of hydrogen-bond acceptors (Lipinski definition) is 3. The van der Waals surface area contributed by atoms with E-state index < -0.39 is 0 Å². The lowest BCUT2D eigenvalue weighted by Gasteiger charge is -2.27. The van der Waals surface area contributed by atoms with E-state index in [1.807, 2.05) is 12.1 Å². The van der Waals surface area contributed by atoms with Gasteiger partial charge in [0.25, 0.3) is 0 Å². The van der Waals surface area contributed by atoms with E-state index in [2.05, 4.69) is 51.1 Å². The van der Waals surface area contributed by atoms with E-state index in [0.29, 0.717) is 11.7 Å². The minimum absolute atomic E-state index is 0.319. The first-order valence-corrected chi connectivity index (χ1v) is 9.67. The first-order valence-electron chi connectivity index (χ1n) is 8.88. The van der Waals surface area contributed by atoms with E-state index in [1.165, 1.54) is 12.0 Å². The summed E-state index contributed by atoms with van der Waals surface area (Å²) in [6, 6.07) is 8.58. The third-order valence-electron chi connectivity index (χ3n) is 4.82. The lowest BCUT2D eigenvalue weighted by atomic mass is 9.98. The maximum Gasteiger partial charge on any atom is 0.144 e. The fourth-order valence-corrected chi connectivity index (χ4v) is 4.00. The van der Waals surface area contributed by atoms with Crippen molar-refractivity contribution in [3.63, 3.8) is 0 Å². The summed E-state index contributed by atoms with van der Waals surface area (Å²) < 4.78 is 8.89. The maximum atomic E-state index is 6.22. The Morgan fingerprint density at radius 2 is 2.00 bits per heavy atom. The van der Waals surface area contributed by atoms with Gasteiger partial charge in [0.15, 0.2) is 0 Å². The number of nitrogens with two attached hydrogens (primary N) is 2. The quantitative estimate of drug-likeness (QED) is 0.560. The van der Waals surface area contributed by atoms with Crippen molar-refractivity contribution in [2.75, 3.05) is 13.2 Å². The first-order chi connectivity index (χ1) is 12.6. The zero-order chi connectivity index (χ0) is 18.7. The normalized spacial score (nSPS) is 15.6. The lowest BCUT2D eigenvalue weighted by Crippen LogP contribution is -2.21. The largest absolute Gasteiger partial charge is 0.399 e. The van der Waals surface area contributed by atoms with Crippen LogP contribution in [0.1, 0.15) is 37.1 Å². The number of rotatable bonds is 5. The molecule has 138 valence electrons. The van der Waals surface area contributed by atoms with Gasteiger partial charge in [-0.1, -0.05) is 41.6 Å². The van der Waals surface area contributed by atoms with Crippen LogP contribution in [-0.4, -0.2) is 24.1 Å². The lowest BCUT2D eigenvalue weighted by molar-refractivity contribution is 0.0695. The summed E-state index contributed by atoms with van der Waals surface area (Å²) in [6.07, 6.45) is 4.10. The number of halogens is 1. The van der Waals surface area contributed by atoms with Gasteiger partial charge >= 0.3 is 0 Å². The fraction of sp³-hybridized carbons (Fsp3) is 0.350. The van der Waals surface area contributed by atoms with Crippen molar-refractivity contribution in [3.8, 4) is 11.1 Å². The van der Waals surface area contributed by atoms with Crippen LogP contribution in [0, 0.1) is 0 Å². The average molecular weight is 417 g/mol. The summed E-state index contributed by atoms with van der Waals surface area (Å²) in [5, 5.41) is 0. The van der Waals surface area contributed by atoms with Crippen molar-refractivity contribution in [1.82, 2.24) is 4.57 Å². The molecule has 6 heteroatoms. The highest BCUT2D eigenvalue weighted by Gasteiger charge is 2.28. The molecule has 1 saturated heterocycles. The summed E-state index contributed by atoms with van der Waals surface area (Å²) in [6.45, 7) is 7.69. The fourth-order valence-electron chi connectivity index (χ4n) is 3.74. The van der Waals surface area contributed by atoms with E-state index in [1.54, 1.807) is 0 Å². The van der Waals surface area contributed by atoms with Crippen LogP contribution >= 0.6 is 15.9 Å². The summed E-state index contributed by atoms with van der Waals surface area (Å²) in [5.74, 6) is 0.793. The van der Waals surface area contributed by atoms with Gasteiger partial charge in [-0.05, 0) is 37.0 Å². The van der Waals surface area contributed by atoms with Gasteiger partial charge in [-0.3, -0.25) is 0 Å². The molecule has 0 amide bonds. The molecule has 0 aliphatic carbocycles. The molecule has 1 aromatic heterocycles. The van der Waals surface area contributed by atoms with Crippen LogP contribution in [0.15, 0.2) is 40.3 Å². The molecule has 1 aliphatic rings. The van der Waals surface area contributed by atoms with Gasteiger partial charge < -0.3 is 20.8 Å². The molecule has 2 heterocycles. The highest BCUT2D eigenvalue weighted by molar-refractivity contribution is 9.10. The summed E-state index contributed by atoms with van der Waals surface area (Å²) in [4.78, 5) is 4.50. The van der Waals surface area contributed by atoms with Crippen LogP contribution in [0.25, 0.3) is 16.8 Å². The number of hydrogen-bond donors (Lipinski definition) is 2. The number of aromatic nitrogens is 1. The van der Waals surface area contributed by atoms with E-state index in [4.69, 9.17) is 16.2 Å². The Morgan fingerprint density at radius 1 is 1.35 bits per heavy atom. The third kappa shape index (κ3) is 3.44. The predicted molar refractivity (Wildman–Crippen MR) is 112 cm³/mol. The zero-order valence-electron chi connectivity index (χ0n) is 15.0.